The highest BCUT2D eigenvalue weighted by Gasteiger charge is 2.32. The molecule has 3 aromatic rings. The van der Waals surface area contributed by atoms with Gasteiger partial charge in [0.2, 0.25) is 0 Å². The van der Waals surface area contributed by atoms with Crippen molar-refractivity contribution in [1.29, 1.82) is 0 Å². The van der Waals surface area contributed by atoms with Gasteiger partial charge in [-0.3, -0.25) is 9.69 Å². The van der Waals surface area contributed by atoms with Gasteiger partial charge in [-0.05, 0) is 37.1 Å². The summed E-state index contributed by atoms with van der Waals surface area (Å²) in [4.78, 5) is 23.2. The minimum absolute atomic E-state index is 0.0668. The van der Waals surface area contributed by atoms with Crippen molar-refractivity contribution in [3.8, 4) is 0 Å². The van der Waals surface area contributed by atoms with Crippen LogP contribution in [-0.4, -0.2) is 66.0 Å². The van der Waals surface area contributed by atoms with Gasteiger partial charge in [0, 0.05) is 56.9 Å². The number of carbonyl (C=O) groups is 1. The van der Waals surface area contributed by atoms with Crippen molar-refractivity contribution in [2.75, 3.05) is 44.2 Å². The number of amides is 1. The number of alkyl halides is 3. The summed E-state index contributed by atoms with van der Waals surface area (Å²) >= 11 is 0. The number of rotatable bonds is 3. The number of likely N-dealkylation sites (tertiary alicyclic amines) is 1. The van der Waals surface area contributed by atoms with Crippen molar-refractivity contribution < 1.29 is 22.4 Å². The standard InChI is InChI=1S/C24H25F3N4O2/c25-24(26,27)18-5-6-22(28-16-18)30-13-11-29(12-14-30)19-7-9-31(10-8-19)23(32)21-15-17-3-1-2-4-20(17)33-21/h1-6,15-16,19H,7-14H2. The maximum absolute atomic E-state index is 12.9. The van der Waals surface area contributed by atoms with Crippen LogP contribution in [0.15, 0.2) is 53.1 Å². The molecule has 2 aliphatic rings. The number of anilines is 1. The Balaban J connectivity index is 1.13. The summed E-state index contributed by atoms with van der Waals surface area (Å²) in [5.74, 6) is 0.893. The second-order valence-corrected chi connectivity index (χ2v) is 8.60. The molecule has 1 aromatic carbocycles. The molecule has 5 rings (SSSR count). The molecule has 1 amide bonds. The number of hydrogen-bond donors (Lipinski definition) is 0. The van der Waals surface area contributed by atoms with Crippen LogP contribution in [0.25, 0.3) is 11.0 Å². The van der Waals surface area contributed by atoms with Crippen molar-refractivity contribution in [2.45, 2.75) is 25.1 Å². The molecule has 2 fully saturated rings. The number of piperazine rings is 1. The molecule has 174 valence electrons. The molecule has 33 heavy (non-hydrogen) atoms. The smallest absolute Gasteiger partial charge is 0.417 e. The molecule has 2 aliphatic heterocycles. The van der Waals surface area contributed by atoms with E-state index in [1.165, 1.54) is 6.07 Å². The van der Waals surface area contributed by atoms with E-state index in [9.17, 15) is 18.0 Å². The third-order valence-corrected chi connectivity index (χ3v) is 6.62. The van der Waals surface area contributed by atoms with E-state index in [1.807, 2.05) is 34.1 Å². The van der Waals surface area contributed by atoms with Gasteiger partial charge >= 0.3 is 6.18 Å². The van der Waals surface area contributed by atoms with E-state index in [0.717, 1.165) is 62.3 Å². The molecule has 0 spiro atoms. The molecule has 0 radical (unpaired) electrons. The van der Waals surface area contributed by atoms with E-state index < -0.39 is 11.7 Å². The lowest BCUT2D eigenvalue weighted by Crippen LogP contribution is -2.54. The number of halogens is 3. The summed E-state index contributed by atoms with van der Waals surface area (Å²) in [5, 5.41) is 0.927. The van der Waals surface area contributed by atoms with Crippen LogP contribution in [0.1, 0.15) is 29.0 Å². The topological polar surface area (TPSA) is 52.8 Å². The Morgan fingerprint density at radius 2 is 1.70 bits per heavy atom. The van der Waals surface area contributed by atoms with Gasteiger partial charge in [0.05, 0.1) is 5.56 Å². The van der Waals surface area contributed by atoms with E-state index in [0.29, 0.717) is 30.7 Å². The Labute approximate surface area is 189 Å². The lowest BCUT2D eigenvalue weighted by Gasteiger charge is -2.43. The predicted molar refractivity (Wildman–Crippen MR) is 118 cm³/mol. The first-order valence-electron chi connectivity index (χ1n) is 11.2. The van der Waals surface area contributed by atoms with Gasteiger partial charge in [-0.1, -0.05) is 18.2 Å². The maximum atomic E-state index is 12.9. The molecule has 0 atom stereocenters. The maximum Gasteiger partial charge on any atom is 0.417 e. The van der Waals surface area contributed by atoms with Crippen LogP contribution >= 0.6 is 0 Å². The highest BCUT2D eigenvalue weighted by Crippen LogP contribution is 2.30. The molecular formula is C24H25F3N4O2. The van der Waals surface area contributed by atoms with E-state index in [1.54, 1.807) is 6.07 Å². The second kappa shape index (κ2) is 8.70. The van der Waals surface area contributed by atoms with Crippen molar-refractivity contribution in [1.82, 2.24) is 14.8 Å². The van der Waals surface area contributed by atoms with Crippen LogP contribution in [-0.2, 0) is 6.18 Å². The van der Waals surface area contributed by atoms with Gasteiger partial charge < -0.3 is 14.2 Å². The van der Waals surface area contributed by atoms with Gasteiger partial charge in [-0.25, -0.2) is 4.98 Å². The van der Waals surface area contributed by atoms with Gasteiger partial charge in [0.15, 0.2) is 5.76 Å². The summed E-state index contributed by atoms with van der Waals surface area (Å²) < 4.78 is 44.0. The summed E-state index contributed by atoms with van der Waals surface area (Å²) in [6.45, 7) is 4.45. The number of pyridine rings is 1. The third kappa shape index (κ3) is 4.55. The summed E-state index contributed by atoms with van der Waals surface area (Å²) in [5.41, 5.74) is -0.00927. The Hall–Kier alpha value is -3.07. The predicted octanol–water partition coefficient (Wildman–Crippen LogP) is 4.27. The fourth-order valence-corrected chi connectivity index (χ4v) is 4.73. The van der Waals surface area contributed by atoms with Crippen LogP contribution in [0.4, 0.5) is 19.0 Å². The minimum Gasteiger partial charge on any atom is -0.451 e. The first-order valence-corrected chi connectivity index (χ1v) is 11.2. The first-order chi connectivity index (χ1) is 15.9. The normalized spacial score (nSPS) is 18.8. The average molecular weight is 458 g/mol. The number of furan rings is 1. The molecule has 0 N–H and O–H groups in total. The highest BCUT2D eigenvalue weighted by atomic mass is 19.4. The molecule has 2 aromatic heterocycles. The molecule has 4 heterocycles. The van der Waals surface area contributed by atoms with Crippen LogP contribution in [0.2, 0.25) is 0 Å². The van der Waals surface area contributed by atoms with E-state index in [4.69, 9.17) is 4.42 Å². The fourth-order valence-electron chi connectivity index (χ4n) is 4.73. The van der Waals surface area contributed by atoms with Crippen LogP contribution in [0.3, 0.4) is 0 Å². The van der Waals surface area contributed by atoms with Gasteiger partial charge in [-0.15, -0.1) is 0 Å². The Bertz CT molecular complexity index is 1080. The van der Waals surface area contributed by atoms with Crippen molar-refractivity contribution >= 4 is 22.7 Å². The van der Waals surface area contributed by atoms with Crippen molar-refractivity contribution in [3.63, 3.8) is 0 Å². The lowest BCUT2D eigenvalue weighted by atomic mass is 10.0. The third-order valence-electron chi connectivity index (χ3n) is 6.62. The van der Waals surface area contributed by atoms with Crippen molar-refractivity contribution in [2.24, 2.45) is 0 Å². The Morgan fingerprint density at radius 1 is 0.970 bits per heavy atom. The lowest BCUT2D eigenvalue weighted by molar-refractivity contribution is -0.137. The Morgan fingerprint density at radius 3 is 2.33 bits per heavy atom. The van der Waals surface area contributed by atoms with Crippen molar-refractivity contribution in [3.05, 3.63) is 60.0 Å². The number of piperidine rings is 1. The zero-order chi connectivity index (χ0) is 23.0. The zero-order valence-corrected chi connectivity index (χ0v) is 18.1. The highest BCUT2D eigenvalue weighted by molar-refractivity contribution is 5.96. The zero-order valence-electron chi connectivity index (χ0n) is 18.1. The first kappa shape index (κ1) is 21.8. The number of aromatic nitrogens is 1. The molecule has 0 bridgehead atoms. The van der Waals surface area contributed by atoms with Gasteiger partial charge in [-0.2, -0.15) is 13.2 Å². The number of para-hydroxylation sites is 1. The number of benzene rings is 1. The summed E-state index contributed by atoms with van der Waals surface area (Å²) in [6.07, 6.45) is -1.68. The number of fused-ring (bicyclic) bond motifs is 1. The monoisotopic (exact) mass is 458 g/mol. The second-order valence-electron chi connectivity index (χ2n) is 8.60. The molecular weight excluding hydrogens is 433 g/mol. The van der Waals surface area contributed by atoms with Gasteiger partial charge in [0.25, 0.3) is 5.91 Å². The van der Waals surface area contributed by atoms with Crippen LogP contribution in [0, 0.1) is 0 Å². The molecule has 0 unspecified atom stereocenters. The molecule has 0 saturated carbocycles. The molecule has 6 nitrogen and oxygen atoms in total. The van der Waals surface area contributed by atoms with Gasteiger partial charge in [0.1, 0.15) is 11.4 Å². The van der Waals surface area contributed by atoms with E-state index in [-0.39, 0.29) is 5.91 Å². The summed E-state index contributed by atoms with van der Waals surface area (Å²) in [6, 6.07) is 12.3. The Kier molecular flexibility index (Phi) is 5.74. The largest absolute Gasteiger partial charge is 0.451 e. The van der Waals surface area contributed by atoms with E-state index in [2.05, 4.69) is 9.88 Å². The number of hydrogen-bond acceptors (Lipinski definition) is 5. The molecule has 2 saturated heterocycles. The van der Waals surface area contributed by atoms with Crippen LogP contribution in [0.5, 0.6) is 0 Å². The number of nitrogens with zero attached hydrogens (tertiary/aromatic N) is 4. The summed E-state index contributed by atoms with van der Waals surface area (Å²) in [7, 11) is 0. The number of carbonyl (C=O) groups excluding carboxylic acids is 1. The molecule has 0 aliphatic carbocycles. The van der Waals surface area contributed by atoms with E-state index >= 15 is 0 Å². The average Bonchev–Trinajstić information content (AvgIpc) is 3.28. The minimum atomic E-state index is -4.37. The van der Waals surface area contributed by atoms with Crippen LogP contribution < -0.4 is 4.90 Å². The SMILES string of the molecule is O=C(c1cc2ccccc2o1)N1CCC(N2CCN(c3ccc(C(F)(F)F)cn3)CC2)CC1. The quantitative estimate of drug-likeness (QED) is 0.587. The fraction of sp³-hybridized carbons (Fsp3) is 0.417. The molecule has 9 heteroatoms.